The third-order valence-corrected chi connectivity index (χ3v) is 7.81. The number of halogens is 1. The smallest absolute Gasteiger partial charge is 0.340 e. The number of para-hydroxylation sites is 1. The van der Waals surface area contributed by atoms with Crippen molar-refractivity contribution >= 4 is 51.3 Å². The molecule has 0 spiro atoms. The maximum Gasteiger partial charge on any atom is 0.340 e. The summed E-state index contributed by atoms with van der Waals surface area (Å²) < 4.78 is 5.56. The van der Waals surface area contributed by atoms with Crippen LogP contribution in [0.4, 0.5) is 16.5 Å². The first-order valence-corrected chi connectivity index (χ1v) is 14.3. The van der Waals surface area contributed by atoms with Crippen molar-refractivity contribution in [2.24, 2.45) is 0 Å². The lowest BCUT2D eigenvalue weighted by molar-refractivity contribution is -0.121. The maximum absolute atomic E-state index is 13.5. The highest BCUT2D eigenvalue weighted by atomic mass is 35.5. The van der Waals surface area contributed by atoms with Gasteiger partial charge in [-0.2, -0.15) is 0 Å². The van der Waals surface area contributed by atoms with Crippen LogP contribution < -0.4 is 10.2 Å². The van der Waals surface area contributed by atoms with Gasteiger partial charge in [-0.1, -0.05) is 78.3 Å². The number of ether oxygens (including phenoxy) is 1. The number of carbonyl (C=O) groups is 2. The van der Waals surface area contributed by atoms with E-state index >= 15 is 0 Å². The van der Waals surface area contributed by atoms with E-state index in [1.165, 1.54) is 11.3 Å². The molecular formula is C33H28ClN3O3S. The fraction of sp³-hybridized carbons (Fsp3) is 0.121. The fourth-order valence-electron chi connectivity index (χ4n) is 4.25. The van der Waals surface area contributed by atoms with Gasteiger partial charge in [-0.25, -0.2) is 9.78 Å². The van der Waals surface area contributed by atoms with Gasteiger partial charge >= 0.3 is 5.97 Å². The van der Waals surface area contributed by atoms with Crippen LogP contribution in [-0.2, 0) is 16.1 Å². The van der Waals surface area contributed by atoms with E-state index in [0.717, 1.165) is 33.6 Å². The van der Waals surface area contributed by atoms with E-state index in [-0.39, 0.29) is 12.5 Å². The minimum atomic E-state index is -0.590. The van der Waals surface area contributed by atoms with E-state index in [1.807, 2.05) is 92.0 Å². The van der Waals surface area contributed by atoms with Crippen LogP contribution in [0.2, 0.25) is 5.02 Å². The van der Waals surface area contributed by atoms with Gasteiger partial charge in [-0.15, -0.1) is 11.3 Å². The highest BCUT2D eigenvalue weighted by Crippen LogP contribution is 2.30. The van der Waals surface area contributed by atoms with Crippen molar-refractivity contribution in [3.8, 4) is 11.3 Å². The SMILES string of the molecule is Cc1cccc(Nc2ccccc2C(=O)OCC(=O)N(Cc2ccccc2)c2nc(-c3ccc(Cl)cc3)cs2)c1C. The minimum absolute atomic E-state index is 0.287. The molecule has 8 heteroatoms. The predicted molar refractivity (Wildman–Crippen MR) is 166 cm³/mol. The summed E-state index contributed by atoms with van der Waals surface area (Å²) in [7, 11) is 0. The van der Waals surface area contributed by atoms with Crippen molar-refractivity contribution in [1.29, 1.82) is 0 Å². The van der Waals surface area contributed by atoms with Crippen LogP contribution in [0, 0.1) is 13.8 Å². The number of anilines is 3. The van der Waals surface area contributed by atoms with Crippen molar-refractivity contribution in [3.05, 3.63) is 130 Å². The zero-order chi connectivity index (χ0) is 28.8. The molecule has 1 N–H and O–H groups in total. The number of nitrogens with zero attached hydrogens (tertiary/aromatic N) is 2. The molecular weight excluding hydrogens is 554 g/mol. The molecule has 5 aromatic rings. The Bertz CT molecular complexity index is 1670. The van der Waals surface area contributed by atoms with Gasteiger partial charge in [0, 0.05) is 21.7 Å². The molecule has 0 aliphatic carbocycles. The number of aromatic nitrogens is 1. The number of carbonyl (C=O) groups excluding carboxylic acids is 2. The number of nitrogens with one attached hydrogen (secondary N) is 1. The van der Waals surface area contributed by atoms with Crippen molar-refractivity contribution < 1.29 is 14.3 Å². The molecule has 0 atom stereocenters. The summed E-state index contributed by atoms with van der Waals surface area (Å²) in [6, 6.07) is 30.1. The Hall–Kier alpha value is -4.46. The lowest BCUT2D eigenvalue weighted by Crippen LogP contribution is -2.34. The Morgan fingerprint density at radius 2 is 1.59 bits per heavy atom. The van der Waals surface area contributed by atoms with Gasteiger partial charge in [0.1, 0.15) is 0 Å². The molecule has 0 aliphatic heterocycles. The number of aryl methyl sites for hydroxylation is 1. The molecule has 0 saturated carbocycles. The molecule has 4 aromatic carbocycles. The number of benzene rings is 4. The van der Waals surface area contributed by atoms with Crippen LogP contribution >= 0.6 is 22.9 Å². The third-order valence-electron chi connectivity index (χ3n) is 6.70. The highest BCUT2D eigenvalue weighted by molar-refractivity contribution is 7.14. The van der Waals surface area contributed by atoms with Crippen molar-refractivity contribution in [2.75, 3.05) is 16.8 Å². The van der Waals surface area contributed by atoms with Crippen LogP contribution in [0.5, 0.6) is 0 Å². The van der Waals surface area contributed by atoms with Crippen LogP contribution in [0.1, 0.15) is 27.0 Å². The average molecular weight is 582 g/mol. The van der Waals surface area contributed by atoms with Gasteiger partial charge in [-0.3, -0.25) is 9.69 Å². The summed E-state index contributed by atoms with van der Waals surface area (Å²) in [5, 5.41) is 6.38. The van der Waals surface area contributed by atoms with Crippen LogP contribution in [0.3, 0.4) is 0 Å². The van der Waals surface area contributed by atoms with Crippen LogP contribution in [0.15, 0.2) is 102 Å². The van der Waals surface area contributed by atoms with Gasteiger partial charge in [0.15, 0.2) is 11.7 Å². The molecule has 0 unspecified atom stereocenters. The number of amides is 1. The molecule has 0 saturated heterocycles. The molecule has 0 bridgehead atoms. The van der Waals surface area contributed by atoms with Crippen LogP contribution in [-0.4, -0.2) is 23.5 Å². The quantitative estimate of drug-likeness (QED) is 0.178. The van der Waals surface area contributed by atoms with Gasteiger partial charge in [0.2, 0.25) is 0 Å². The van der Waals surface area contributed by atoms with Crippen molar-refractivity contribution in [2.45, 2.75) is 20.4 Å². The highest BCUT2D eigenvalue weighted by Gasteiger charge is 2.23. The van der Waals surface area contributed by atoms with E-state index in [1.54, 1.807) is 29.2 Å². The lowest BCUT2D eigenvalue weighted by Gasteiger charge is -2.20. The standard InChI is InChI=1S/C33H28ClN3O3S/c1-22-9-8-14-28(23(22)2)35-29-13-7-6-12-27(29)32(39)40-20-31(38)37(19-24-10-4-3-5-11-24)33-36-30(21-41-33)25-15-17-26(34)18-16-25/h3-18,21,35H,19-20H2,1-2H3. The van der Waals surface area contributed by atoms with E-state index in [0.29, 0.717) is 21.4 Å². The summed E-state index contributed by atoms with van der Waals surface area (Å²) in [4.78, 5) is 33.0. The number of hydrogen-bond donors (Lipinski definition) is 1. The van der Waals surface area contributed by atoms with Crippen molar-refractivity contribution in [3.63, 3.8) is 0 Å². The van der Waals surface area contributed by atoms with Gasteiger partial charge < -0.3 is 10.1 Å². The molecule has 5 rings (SSSR count). The minimum Gasteiger partial charge on any atom is -0.452 e. The first-order chi connectivity index (χ1) is 19.9. The van der Waals surface area contributed by atoms with Crippen LogP contribution in [0.25, 0.3) is 11.3 Å². The zero-order valence-corrected chi connectivity index (χ0v) is 24.2. The second-order valence-electron chi connectivity index (χ2n) is 9.48. The van der Waals surface area contributed by atoms with E-state index in [4.69, 9.17) is 21.3 Å². The Labute approximate surface area is 248 Å². The molecule has 1 aromatic heterocycles. The summed E-state index contributed by atoms with van der Waals surface area (Å²) in [6.45, 7) is 3.92. The first kappa shape index (κ1) is 28.1. The predicted octanol–water partition coefficient (Wildman–Crippen LogP) is 8.21. The fourth-order valence-corrected chi connectivity index (χ4v) is 5.23. The molecule has 0 aliphatic rings. The molecule has 6 nitrogen and oxygen atoms in total. The number of thiazole rings is 1. The van der Waals surface area contributed by atoms with Gasteiger partial charge in [-0.05, 0) is 60.9 Å². The van der Waals surface area contributed by atoms with Gasteiger partial charge in [0.25, 0.3) is 5.91 Å². The Morgan fingerprint density at radius 3 is 2.37 bits per heavy atom. The number of hydrogen-bond acceptors (Lipinski definition) is 6. The summed E-state index contributed by atoms with van der Waals surface area (Å²) in [6.07, 6.45) is 0. The first-order valence-electron chi connectivity index (χ1n) is 13.0. The molecule has 1 amide bonds. The van der Waals surface area contributed by atoms with Crippen molar-refractivity contribution in [1.82, 2.24) is 4.98 Å². The van der Waals surface area contributed by atoms with E-state index in [2.05, 4.69) is 5.32 Å². The number of esters is 1. The molecule has 0 fully saturated rings. The zero-order valence-electron chi connectivity index (χ0n) is 22.6. The Morgan fingerprint density at radius 1 is 0.878 bits per heavy atom. The normalized spacial score (nSPS) is 10.7. The summed E-state index contributed by atoms with van der Waals surface area (Å²) in [5.74, 6) is -0.966. The Balaban J connectivity index is 1.34. The molecule has 0 radical (unpaired) electrons. The largest absolute Gasteiger partial charge is 0.452 e. The molecule has 1 heterocycles. The second kappa shape index (κ2) is 12.8. The summed E-state index contributed by atoms with van der Waals surface area (Å²) in [5.41, 5.74) is 6.63. The average Bonchev–Trinajstić information content (AvgIpc) is 3.48. The van der Waals surface area contributed by atoms with E-state index < -0.39 is 12.6 Å². The molecule has 206 valence electrons. The maximum atomic E-state index is 13.5. The molecule has 41 heavy (non-hydrogen) atoms. The number of rotatable bonds is 9. The topological polar surface area (TPSA) is 71.5 Å². The van der Waals surface area contributed by atoms with Gasteiger partial charge in [0.05, 0.1) is 23.5 Å². The monoisotopic (exact) mass is 581 g/mol. The third kappa shape index (κ3) is 6.82. The summed E-state index contributed by atoms with van der Waals surface area (Å²) >= 11 is 7.39. The Kier molecular flexibility index (Phi) is 8.77. The second-order valence-corrected chi connectivity index (χ2v) is 10.8. The lowest BCUT2D eigenvalue weighted by atomic mass is 10.1. The van der Waals surface area contributed by atoms with E-state index in [9.17, 15) is 9.59 Å².